The van der Waals surface area contributed by atoms with Crippen molar-refractivity contribution in [3.8, 4) is 0 Å². The summed E-state index contributed by atoms with van der Waals surface area (Å²) in [6, 6.07) is 3.60. The minimum absolute atomic E-state index is 0.159. The third-order valence-corrected chi connectivity index (χ3v) is 4.63. The molecule has 0 radical (unpaired) electrons. The summed E-state index contributed by atoms with van der Waals surface area (Å²) in [7, 11) is -2.29. The van der Waals surface area contributed by atoms with Gasteiger partial charge in [-0.15, -0.1) is 0 Å². The number of sulfonamides is 1. The lowest BCUT2D eigenvalue weighted by Crippen LogP contribution is -2.13. The van der Waals surface area contributed by atoms with Gasteiger partial charge in [0.2, 0.25) is 0 Å². The highest BCUT2D eigenvalue weighted by atomic mass is 79.9. The molecule has 0 aliphatic heterocycles. The molecule has 1 aromatic heterocycles. The molecule has 1 aromatic carbocycles. The molecule has 0 bridgehead atoms. The van der Waals surface area contributed by atoms with Crippen LogP contribution >= 0.6 is 15.9 Å². The zero-order chi connectivity index (χ0) is 15.5. The third-order valence-electron chi connectivity index (χ3n) is 2.61. The first-order chi connectivity index (χ1) is 9.92. The van der Waals surface area contributed by atoms with Crippen molar-refractivity contribution in [3.63, 3.8) is 0 Å². The second kappa shape index (κ2) is 6.54. The van der Waals surface area contributed by atoms with Crippen molar-refractivity contribution in [2.24, 2.45) is 0 Å². The molecule has 0 amide bonds. The van der Waals surface area contributed by atoms with Crippen LogP contribution in [-0.2, 0) is 21.3 Å². The van der Waals surface area contributed by atoms with E-state index in [9.17, 15) is 12.8 Å². The molecule has 0 aliphatic carbocycles. The van der Waals surface area contributed by atoms with Crippen molar-refractivity contribution < 1.29 is 17.5 Å². The molecule has 114 valence electrons. The van der Waals surface area contributed by atoms with Crippen LogP contribution in [0, 0.1) is 5.82 Å². The van der Waals surface area contributed by atoms with Crippen molar-refractivity contribution in [1.82, 2.24) is 9.78 Å². The van der Waals surface area contributed by atoms with E-state index in [0.717, 1.165) is 6.07 Å². The molecule has 1 heterocycles. The normalized spacial score (nSPS) is 11.6. The van der Waals surface area contributed by atoms with Crippen LogP contribution in [0.15, 0.2) is 40.0 Å². The highest BCUT2D eigenvalue weighted by Crippen LogP contribution is 2.21. The Morgan fingerprint density at radius 1 is 1.48 bits per heavy atom. The van der Waals surface area contributed by atoms with Crippen LogP contribution < -0.4 is 4.72 Å². The molecule has 21 heavy (non-hydrogen) atoms. The maximum Gasteiger partial charge on any atom is 0.262 e. The van der Waals surface area contributed by atoms with Crippen molar-refractivity contribution in [2.75, 3.05) is 18.4 Å². The van der Waals surface area contributed by atoms with Crippen LogP contribution in [0.5, 0.6) is 0 Å². The van der Waals surface area contributed by atoms with Gasteiger partial charge in [0, 0.05) is 13.3 Å². The fourth-order valence-electron chi connectivity index (χ4n) is 1.58. The van der Waals surface area contributed by atoms with E-state index in [4.69, 9.17) is 4.74 Å². The summed E-state index contributed by atoms with van der Waals surface area (Å²) < 4.78 is 46.7. The summed E-state index contributed by atoms with van der Waals surface area (Å²) in [5, 5.41) is 3.99. The number of rotatable bonds is 6. The van der Waals surface area contributed by atoms with Gasteiger partial charge in [0.25, 0.3) is 10.0 Å². The molecule has 2 rings (SSSR count). The van der Waals surface area contributed by atoms with Crippen molar-refractivity contribution in [3.05, 3.63) is 40.9 Å². The standard InChI is InChI=1S/C12H13BrFN3O3S/c1-20-5-4-17-8-9(7-15-17)16-21(18,19)10-2-3-11(13)12(14)6-10/h2-3,6-8,16H,4-5H2,1H3. The number of benzene rings is 1. The van der Waals surface area contributed by atoms with E-state index in [1.807, 2.05) is 0 Å². The summed E-state index contributed by atoms with van der Waals surface area (Å²) in [6.07, 6.45) is 2.91. The van der Waals surface area contributed by atoms with Crippen LogP contribution in [0.2, 0.25) is 0 Å². The molecule has 2 aromatic rings. The molecule has 0 fully saturated rings. The van der Waals surface area contributed by atoms with Gasteiger partial charge in [0.1, 0.15) is 5.82 Å². The first-order valence-corrected chi connectivity index (χ1v) is 8.19. The smallest absolute Gasteiger partial charge is 0.262 e. The average molecular weight is 378 g/mol. The zero-order valence-electron chi connectivity index (χ0n) is 11.1. The average Bonchev–Trinajstić information content (AvgIpc) is 2.86. The van der Waals surface area contributed by atoms with Gasteiger partial charge in [-0.2, -0.15) is 5.10 Å². The van der Waals surface area contributed by atoms with E-state index in [1.165, 1.54) is 24.5 Å². The number of anilines is 1. The Labute approximate surface area is 130 Å². The number of aromatic nitrogens is 2. The van der Waals surface area contributed by atoms with Gasteiger partial charge in [-0.3, -0.25) is 9.40 Å². The molecule has 0 atom stereocenters. The second-order valence-corrected chi connectivity index (χ2v) is 6.70. The third kappa shape index (κ3) is 4.02. The first-order valence-electron chi connectivity index (χ1n) is 5.91. The van der Waals surface area contributed by atoms with E-state index in [1.54, 1.807) is 11.8 Å². The van der Waals surface area contributed by atoms with E-state index in [-0.39, 0.29) is 9.37 Å². The molecule has 0 spiro atoms. The Morgan fingerprint density at radius 3 is 2.90 bits per heavy atom. The number of ether oxygens (including phenoxy) is 1. The summed E-state index contributed by atoms with van der Waals surface area (Å²) in [5.41, 5.74) is 0.300. The van der Waals surface area contributed by atoms with Gasteiger partial charge in [-0.1, -0.05) is 0 Å². The molecule has 0 saturated carbocycles. The van der Waals surface area contributed by atoms with Crippen molar-refractivity contribution >= 4 is 31.6 Å². The predicted octanol–water partition coefficient (Wildman–Crippen LogP) is 2.23. The maximum atomic E-state index is 13.4. The number of nitrogens with one attached hydrogen (secondary N) is 1. The van der Waals surface area contributed by atoms with Crippen LogP contribution in [-0.4, -0.2) is 31.9 Å². The lowest BCUT2D eigenvalue weighted by atomic mass is 10.3. The highest BCUT2D eigenvalue weighted by molar-refractivity contribution is 9.10. The fourth-order valence-corrected chi connectivity index (χ4v) is 2.87. The molecule has 0 aliphatic rings. The van der Waals surface area contributed by atoms with Gasteiger partial charge in [-0.25, -0.2) is 12.8 Å². The number of methoxy groups -OCH3 is 1. The van der Waals surface area contributed by atoms with Crippen molar-refractivity contribution in [1.29, 1.82) is 0 Å². The molecular formula is C12H13BrFN3O3S. The van der Waals surface area contributed by atoms with Crippen molar-refractivity contribution in [2.45, 2.75) is 11.4 Å². The summed E-state index contributed by atoms with van der Waals surface area (Å²) >= 11 is 2.97. The summed E-state index contributed by atoms with van der Waals surface area (Å²) in [4.78, 5) is -0.159. The van der Waals surface area contributed by atoms with Crippen LogP contribution in [0.3, 0.4) is 0 Å². The Kier molecular flexibility index (Phi) is 4.96. The van der Waals surface area contributed by atoms with Crippen LogP contribution in [0.25, 0.3) is 0 Å². The quantitative estimate of drug-likeness (QED) is 0.837. The Morgan fingerprint density at radius 2 is 2.24 bits per heavy atom. The zero-order valence-corrected chi connectivity index (χ0v) is 13.5. The monoisotopic (exact) mass is 377 g/mol. The van der Waals surface area contributed by atoms with E-state index >= 15 is 0 Å². The largest absolute Gasteiger partial charge is 0.383 e. The first kappa shape index (κ1) is 15.9. The topological polar surface area (TPSA) is 73.2 Å². The minimum atomic E-state index is -3.86. The number of halogens is 2. The fraction of sp³-hybridized carbons (Fsp3) is 0.250. The molecule has 0 unspecified atom stereocenters. The number of hydrogen-bond acceptors (Lipinski definition) is 4. The Hall–Kier alpha value is -1.45. The Bertz CT molecular complexity index is 733. The molecule has 1 N–H and O–H groups in total. The van der Waals surface area contributed by atoms with E-state index in [0.29, 0.717) is 18.8 Å². The SMILES string of the molecule is COCCn1cc(NS(=O)(=O)c2ccc(Br)c(F)c2)cn1. The van der Waals surface area contributed by atoms with Crippen LogP contribution in [0.4, 0.5) is 10.1 Å². The van der Waals surface area contributed by atoms with Gasteiger partial charge < -0.3 is 4.74 Å². The Balaban J connectivity index is 2.16. The van der Waals surface area contributed by atoms with Gasteiger partial charge >= 0.3 is 0 Å². The lowest BCUT2D eigenvalue weighted by molar-refractivity contribution is 0.183. The molecular weight excluding hydrogens is 365 g/mol. The van der Waals surface area contributed by atoms with Crippen LogP contribution in [0.1, 0.15) is 0 Å². The summed E-state index contributed by atoms with van der Waals surface area (Å²) in [6.45, 7) is 0.969. The molecule has 6 nitrogen and oxygen atoms in total. The number of nitrogens with zero attached hydrogens (tertiary/aromatic N) is 2. The molecule has 0 saturated heterocycles. The lowest BCUT2D eigenvalue weighted by Gasteiger charge is -2.06. The van der Waals surface area contributed by atoms with Gasteiger partial charge in [-0.05, 0) is 34.1 Å². The van der Waals surface area contributed by atoms with E-state index in [2.05, 4.69) is 25.8 Å². The maximum absolute atomic E-state index is 13.4. The predicted molar refractivity (Wildman–Crippen MR) is 79.0 cm³/mol. The highest BCUT2D eigenvalue weighted by Gasteiger charge is 2.16. The van der Waals surface area contributed by atoms with Gasteiger partial charge in [0.05, 0.1) is 34.4 Å². The number of hydrogen-bond donors (Lipinski definition) is 1. The summed E-state index contributed by atoms with van der Waals surface area (Å²) in [5.74, 6) is -0.645. The molecule has 9 heteroatoms. The second-order valence-electron chi connectivity index (χ2n) is 4.17. The van der Waals surface area contributed by atoms with E-state index < -0.39 is 15.8 Å². The van der Waals surface area contributed by atoms with Gasteiger partial charge in [0.15, 0.2) is 0 Å². The minimum Gasteiger partial charge on any atom is -0.383 e.